The second-order valence-corrected chi connectivity index (χ2v) is 6.51. The van der Waals surface area contributed by atoms with Crippen molar-refractivity contribution in [3.8, 4) is 11.5 Å². The fraction of sp³-hybridized carbons (Fsp3) is 0.438. The number of hydrogen-bond donors (Lipinski definition) is 0. The predicted octanol–water partition coefficient (Wildman–Crippen LogP) is 2.46. The van der Waals surface area contributed by atoms with Gasteiger partial charge in [-0.1, -0.05) is 30.0 Å². The van der Waals surface area contributed by atoms with Gasteiger partial charge in [-0.3, -0.25) is 4.79 Å². The second kappa shape index (κ2) is 7.14. The topological polar surface area (TPSA) is 68.5 Å². The van der Waals surface area contributed by atoms with Gasteiger partial charge in [0, 0.05) is 18.7 Å². The number of amides is 1. The van der Waals surface area contributed by atoms with Gasteiger partial charge in [-0.25, -0.2) is 0 Å². The first-order valence-corrected chi connectivity index (χ1v) is 8.55. The summed E-state index contributed by atoms with van der Waals surface area (Å²) in [7, 11) is 0. The molecule has 1 amide bonds. The highest BCUT2D eigenvalue weighted by molar-refractivity contribution is 7.99. The standard InChI is InChI=1S/C16H19N3O3S/c1-11-8-19(9-12(2)21-11)14(20)10-23-16-18-17-15(22-16)13-6-4-3-5-7-13/h3-7,11-12H,8-10H2,1-2H3/t11-,12+. The molecule has 2 aromatic rings. The molecular formula is C16H19N3O3S. The van der Waals surface area contributed by atoms with E-state index in [-0.39, 0.29) is 23.9 Å². The summed E-state index contributed by atoms with van der Waals surface area (Å²) in [5.41, 5.74) is 0.869. The number of thioether (sulfide) groups is 1. The fourth-order valence-electron chi connectivity index (χ4n) is 2.56. The number of rotatable bonds is 4. The lowest BCUT2D eigenvalue weighted by atomic mass is 10.2. The molecule has 0 aliphatic carbocycles. The van der Waals surface area contributed by atoms with Gasteiger partial charge in [0.05, 0.1) is 18.0 Å². The first-order valence-electron chi connectivity index (χ1n) is 7.57. The van der Waals surface area contributed by atoms with E-state index >= 15 is 0 Å². The monoisotopic (exact) mass is 333 g/mol. The highest BCUT2D eigenvalue weighted by Gasteiger charge is 2.26. The van der Waals surface area contributed by atoms with Crippen LogP contribution in [0.4, 0.5) is 0 Å². The molecule has 0 bridgehead atoms. The maximum absolute atomic E-state index is 12.3. The maximum Gasteiger partial charge on any atom is 0.277 e. The third-order valence-corrected chi connectivity index (χ3v) is 4.32. The zero-order chi connectivity index (χ0) is 16.2. The van der Waals surface area contributed by atoms with E-state index in [0.717, 1.165) is 5.56 Å². The molecule has 2 heterocycles. The van der Waals surface area contributed by atoms with Crippen molar-refractivity contribution in [2.45, 2.75) is 31.3 Å². The molecule has 0 N–H and O–H groups in total. The molecule has 2 atom stereocenters. The molecule has 122 valence electrons. The number of carbonyl (C=O) groups is 1. The highest BCUT2D eigenvalue weighted by Crippen LogP contribution is 2.23. The molecule has 3 rings (SSSR count). The van der Waals surface area contributed by atoms with E-state index in [1.165, 1.54) is 11.8 Å². The molecule has 0 unspecified atom stereocenters. The van der Waals surface area contributed by atoms with Gasteiger partial charge in [0.15, 0.2) is 0 Å². The molecule has 1 saturated heterocycles. The van der Waals surface area contributed by atoms with Gasteiger partial charge in [0.2, 0.25) is 11.8 Å². The average molecular weight is 333 g/mol. The Balaban J connectivity index is 1.56. The van der Waals surface area contributed by atoms with Gasteiger partial charge < -0.3 is 14.1 Å². The summed E-state index contributed by atoms with van der Waals surface area (Å²) < 4.78 is 11.2. The van der Waals surface area contributed by atoms with Gasteiger partial charge in [0.1, 0.15) is 0 Å². The molecule has 1 aromatic heterocycles. The summed E-state index contributed by atoms with van der Waals surface area (Å²) in [4.78, 5) is 14.1. The quantitative estimate of drug-likeness (QED) is 0.801. The third-order valence-electron chi connectivity index (χ3n) is 3.52. The number of carbonyl (C=O) groups excluding carboxylic acids is 1. The van der Waals surface area contributed by atoms with E-state index in [1.807, 2.05) is 49.1 Å². The zero-order valence-electron chi connectivity index (χ0n) is 13.1. The summed E-state index contributed by atoms with van der Waals surface area (Å²) in [5, 5.41) is 8.42. The minimum atomic E-state index is 0.0662. The van der Waals surface area contributed by atoms with Gasteiger partial charge in [0.25, 0.3) is 5.22 Å². The van der Waals surface area contributed by atoms with Crippen molar-refractivity contribution in [3.63, 3.8) is 0 Å². The number of ether oxygens (including phenoxy) is 1. The lowest BCUT2D eigenvalue weighted by Gasteiger charge is -2.35. The molecule has 0 saturated carbocycles. The van der Waals surface area contributed by atoms with E-state index < -0.39 is 0 Å². The summed E-state index contributed by atoms with van der Waals surface area (Å²) in [6.45, 7) is 5.21. The van der Waals surface area contributed by atoms with Crippen LogP contribution in [0.25, 0.3) is 11.5 Å². The highest BCUT2D eigenvalue weighted by atomic mass is 32.2. The van der Waals surface area contributed by atoms with Crippen LogP contribution in [-0.4, -0.2) is 52.1 Å². The number of benzene rings is 1. The van der Waals surface area contributed by atoms with Crippen molar-refractivity contribution in [1.29, 1.82) is 0 Å². The summed E-state index contributed by atoms with van der Waals surface area (Å²) >= 11 is 1.27. The van der Waals surface area contributed by atoms with Crippen LogP contribution in [0.3, 0.4) is 0 Å². The molecule has 1 aromatic carbocycles. The summed E-state index contributed by atoms with van der Waals surface area (Å²) in [5.74, 6) is 0.821. The molecule has 23 heavy (non-hydrogen) atoms. The maximum atomic E-state index is 12.3. The molecule has 7 heteroatoms. The predicted molar refractivity (Wildman–Crippen MR) is 87.0 cm³/mol. The Hall–Kier alpha value is -1.86. The Bertz CT molecular complexity index is 652. The molecular weight excluding hydrogens is 314 g/mol. The van der Waals surface area contributed by atoms with Crippen molar-refractivity contribution in [2.75, 3.05) is 18.8 Å². The fourth-order valence-corrected chi connectivity index (χ4v) is 3.23. The minimum absolute atomic E-state index is 0.0662. The minimum Gasteiger partial charge on any atom is -0.411 e. The van der Waals surface area contributed by atoms with E-state index in [4.69, 9.17) is 9.15 Å². The third kappa shape index (κ3) is 4.11. The Kier molecular flexibility index (Phi) is 4.97. The smallest absolute Gasteiger partial charge is 0.277 e. The first-order chi connectivity index (χ1) is 11.1. The van der Waals surface area contributed by atoms with E-state index in [9.17, 15) is 4.79 Å². The number of nitrogens with zero attached hydrogens (tertiary/aromatic N) is 3. The van der Waals surface area contributed by atoms with Crippen molar-refractivity contribution in [1.82, 2.24) is 15.1 Å². The number of morpholine rings is 1. The Morgan fingerprint density at radius 2 is 1.91 bits per heavy atom. The lowest BCUT2D eigenvalue weighted by Crippen LogP contribution is -2.48. The van der Waals surface area contributed by atoms with Crippen molar-refractivity contribution >= 4 is 17.7 Å². The molecule has 0 radical (unpaired) electrons. The van der Waals surface area contributed by atoms with E-state index in [1.54, 1.807) is 0 Å². The van der Waals surface area contributed by atoms with Crippen LogP contribution in [0.2, 0.25) is 0 Å². The number of hydrogen-bond acceptors (Lipinski definition) is 6. The van der Waals surface area contributed by atoms with Crippen molar-refractivity contribution in [2.24, 2.45) is 0 Å². The van der Waals surface area contributed by atoms with Crippen LogP contribution in [0.1, 0.15) is 13.8 Å². The molecule has 0 spiro atoms. The van der Waals surface area contributed by atoms with Crippen LogP contribution >= 0.6 is 11.8 Å². The van der Waals surface area contributed by atoms with Crippen molar-refractivity contribution < 1.29 is 13.9 Å². The van der Waals surface area contributed by atoms with E-state index in [0.29, 0.717) is 24.2 Å². The molecule has 1 aliphatic rings. The van der Waals surface area contributed by atoms with Crippen LogP contribution in [0, 0.1) is 0 Å². The zero-order valence-corrected chi connectivity index (χ0v) is 14.0. The van der Waals surface area contributed by atoms with Gasteiger partial charge >= 0.3 is 0 Å². The molecule has 1 aliphatic heterocycles. The van der Waals surface area contributed by atoms with Crippen LogP contribution in [0.15, 0.2) is 40.0 Å². The van der Waals surface area contributed by atoms with Gasteiger partial charge in [-0.15, -0.1) is 10.2 Å². The van der Waals surface area contributed by atoms with Crippen LogP contribution in [-0.2, 0) is 9.53 Å². The molecule has 6 nitrogen and oxygen atoms in total. The Labute approximate surface area is 139 Å². The average Bonchev–Trinajstić information content (AvgIpc) is 3.01. The summed E-state index contributed by atoms with van der Waals surface area (Å²) in [6, 6.07) is 9.57. The Morgan fingerprint density at radius 3 is 2.61 bits per heavy atom. The van der Waals surface area contributed by atoms with Crippen LogP contribution in [0.5, 0.6) is 0 Å². The first kappa shape index (κ1) is 16.0. The normalized spacial score (nSPS) is 21.4. The van der Waals surface area contributed by atoms with E-state index in [2.05, 4.69) is 10.2 Å². The SMILES string of the molecule is C[C@@H]1CN(C(=O)CSc2nnc(-c3ccccc3)o2)C[C@H](C)O1. The molecule has 1 fully saturated rings. The van der Waals surface area contributed by atoms with Gasteiger partial charge in [-0.2, -0.15) is 0 Å². The summed E-state index contributed by atoms with van der Waals surface area (Å²) in [6.07, 6.45) is 0.140. The second-order valence-electron chi connectivity index (χ2n) is 5.58. The lowest BCUT2D eigenvalue weighted by molar-refractivity contribution is -0.140. The Morgan fingerprint density at radius 1 is 1.22 bits per heavy atom. The largest absolute Gasteiger partial charge is 0.411 e. The van der Waals surface area contributed by atoms with Crippen LogP contribution < -0.4 is 0 Å². The van der Waals surface area contributed by atoms with Crippen molar-refractivity contribution in [3.05, 3.63) is 30.3 Å². The number of aromatic nitrogens is 2. The van der Waals surface area contributed by atoms with Gasteiger partial charge in [-0.05, 0) is 26.0 Å².